The van der Waals surface area contributed by atoms with Crippen molar-refractivity contribution in [3.63, 3.8) is 0 Å². The maximum Gasteiger partial charge on any atom is 0.220 e. The minimum atomic E-state index is 0.108. The Balaban J connectivity index is 1.43. The van der Waals surface area contributed by atoms with Crippen LogP contribution in [-0.4, -0.2) is 28.3 Å². The van der Waals surface area contributed by atoms with E-state index in [2.05, 4.69) is 55.5 Å². The topological polar surface area (TPSA) is 56.2 Å². The van der Waals surface area contributed by atoms with E-state index in [1.807, 2.05) is 16.9 Å². The molecule has 5 atom stereocenters. The van der Waals surface area contributed by atoms with Crippen LogP contribution >= 0.6 is 0 Å². The Labute approximate surface area is 179 Å². The molecule has 5 heteroatoms. The van der Waals surface area contributed by atoms with Gasteiger partial charge in [-0.1, -0.05) is 32.9 Å². The van der Waals surface area contributed by atoms with Crippen LogP contribution in [0.5, 0.6) is 0 Å². The monoisotopic (exact) mass is 407 g/mol. The highest BCUT2D eigenvalue weighted by atomic mass is 16.5. The Kier molecular flexibility index (Phi) is 4.77. The second kappa shape index (κ2) is 7.23. The molecule has 3 fully saturated rings. The first-order valence-corrected chi connectivity index (χ1v) is 11.5. The Hall–Kier alpha value is -2.14. The zero-order valence-corrected chi connectivity index (χ0v) is 18.3. The fourth-order valence-corrected chi connectivity index (χ4v) is 6.82. The van der Waals surface area contributed by atoms with Crippen LogP contribution < -0.4 is 5.32 Å². The summed E-state index contributed by atoms with van der Waals surface area (Å²) >= 11 is 0. The molecule has 1 amide bonds. The van der Waals surface area contributed by atoms with Gasteiger partial charge in [0.25, 0.3) is 0 Å². The minimum absolute atomic E-state index is 0.108. The first kappa shape index (κ1) is 19.8. The summed E-state index contributed by atoms with van der Waals surface area (Å²) in [5.74, 6) is 1.32. The Morgan fingerprint density at radius 3 is 2.80 bits per heavy atom. The van der Waals surface area contributed by atoms with Gasteiger partial charge in [-0.3, -0.25) is 4.79 Å². The number of carbonyl (C=O) groups is 1. The summed E-state index contributed by atoms with van der Waals surface area (Å²) in [4.78, 5) is 12.6. The lowest BCUT2D eigenvalue weighted by Gasteiger charge is -2.53. The summed E-state index contributed by atoms with van der Waals surface area (Å²) in [5, 5.41) is 7.81. The molecule has 2 aliphatic carbocycles. The number of aromatic nitrogens is 2. The smallest absolute Gasteiger partial charge is 0.220 e. The number of amides is 1. The summed E-state index contributed by atoms with van der Waals surface area (Å²) in [7, 11) is 0. The molecule has 0 unspecified atom stereocenters. The Morgan fingerprint density at radius 2 is 2.10 bits per heavy atom. The SMILES string of the molecule is CCCC(=O)N[C@@H]1C(C)(C)[C@@H]2C[C@@H]3[C@@H](c4ccc(-n5cccn5)cc4)OCC[C@@]31C2. The van der Waals surface area contributed by atoms with Crippen molar-refractivity contribution in [3.05, 3.63) is 48.3 Å². The maximum atomic E-state index is 12.6. The number of benzene rings is 1. The first-order chi connectivity index (χ1) is 14.5. The quantitative estimate of drug-likeness (QED) is 0.783. The van der Waals surface area contributed by atoms with Gasteiger partial charge in [0.15, 0.2) is 0 Å². The highest BCUT2D eigenvalue weighted by molar-refractivity contribution is 5.76. The number of rotatable bonds is 5. The Bertz CT molecular complexity index is 905. The van der Waals surface area contributed by atoms with E-state index in [-0.39, 0.29) is 28.9 Å². The van der Waals surface area contributed by atoms with E-state index in [4.69, 9.17) is 4.74 Å². The van der Waals surface area contributed by atoms with Crippen LogP contribution in [0.4, 0.5) is 0 Å². The van der Waals surface area contributed by atoms with Gasteiger partial charge in [0.1, 0.15) is 0 Å². The number of nitrogens with one attached hydrogen (secondary N) is 1. The predicted molar refractivity (Wildman–Crippen MR) is 116 cm³/mol. The van der Waals surface area contributed by atoms with Crippen molar-refractivity contribution in [1.82, 2.24) is 15.1 Å². The minimum Gasteiger partial charge on any atom is -0.373 e. The number of ether oxygens (including phenoxy) is 1. The fraction of sp³-hybridized carbons (Fsp3) is 0.600. The summed E-state index contributed by atoms with van der Waals surface area (Å²) in [6.07, 6.45) is 8.84. The van der Waals surface area contributed by atoms with E-state index in [9.17, 15) is 4.79 Å². The fourth-order valence-electron chi connectivity index (χ4n) is 6.82. The molecule has 30 heavy (non-hydrogen) atoms. The molecule has 1 saturated heterocycles. The van der Waals surface area contributed by atoms with E-state index < -0.39 is 0 Å². The molecule has 1 aromatic carbocycles. The van der Waals surface area contributed by atoms with E-state index in [0.29, 0.717) is 18.3 Å². The van der Waals surface area contributed by atoms with Gasteiger partial charge in [0.2, 0.25) is 5.91 Å². The zero-order valence-electron chi connectivity index (χ0n) is 18.3. The van der Waals surface area contributed by atoms with Crippen LogP contribution in [0.15, 0.2) is 42.7 Å². The third kappa shape index (κ3) is 2.93. The molecule has 1 spiro atoms. The summed E-state index contributed by atoms with van der Waals surface area (Å²) < 4.78 is 8.27. The van der Waals surface area contributed by atoms with Gasteiger partial charge in [-0.15, -0.1) is 0 Å². The van der Waals surface area contributed by atoms with Crippen LogP contribution in [-0.2, 0) is 9.53 Å². The molecule has 2 heterocycles. The summed E-state index contributed by atoms with van der Waals surface area (Å²) in [6.45, 7) is 7.57. The lowest BCUT2D eigenvalue weighted by molar-refractivity contribution is -0.137. The molecule has 1 aromatic heterocycles. The second-order valence-corrected chi connectivity index (χ2v) is 10.1. The molecule has 5 nitrogen and oxygen atoms in total. The van der Waals surface area contributed by atoms with Gasteiger partial charge < -0.3 is 10.1 Å². The predicted octanol–water partition coefficient (Wildman–Crippen LogP) is 4.67. The van der Waals surface area contributed by atoms with Crippen molar-refractivity contribution in [2.75, 3.05) is 6.61 Å². The maximum absolute atomic E-state index is 12.6. The average molecular weight is 408 g/mol. The molecule has 160 valence electrons. The van der Waals surface area contributed by atoms with E-state index in [0.717, 1.165) is 25.1 Å². The van der Waals surface area contributed by atoms with Crippen molar-refractivity contribution in [2.24, 2.45) is 22.7 Å². The van der Waals surface area contributed by atoms with Gasteiger partial charge in [-0.05, 0) is 72.1 Å². The van der Waals surface area contributed by atoms with Crippen LogP contribution in [0.2, 0.25) is 0 Å². The lowest BCUT2D eigenvalue weighted by atomic mass is 9.59. The molecule has 2 bridgehead atoms. The third-order valence-corrected chi connectivity index (χ3v) is 8.28. The highest BCUT2D eigenvalue weighted by Crippen LogP contribution is 2.70. The van der Waals surface area contributed by atoms with Crippen LogP contribution in [0, 0.1) is 22.7 Å². The molecule has 5 rings (SSSR count). The number of nitrogens with zero attached hydrogens (tertiary/aromatic N) is 2. The van der Waals surface area contributed by atoms with Crippen molar-refractivity contribution < 1.29 is 9.53 Å². The molecule has 1 N–H and O–H groups in total. The number of carbonyl (C=O) groups excluding carboxylic acids is 1. The van der Waals surface area contributed by atoms with E-state index >= 15 is 0 Å². The highest BCUT2D eigenvalue weighted by Gasteiger charge is 2.68. The summed E-state index contributed by atoms with van der Waals surface area (Å²) in [5.41, 5.74) is 2.61. The normalized spacial score (nSPS) is 34.0. The van der Waals surface area contributed by atoms with Gasteiger partial charge >= 0.3 is 0 Å². The van der Waals surface area contributed by atoms with Gasteiger partial charge in [0.05, 0.1) is 11.8 Å². The lowest BCUT2D eigenvalue weighted by Crippen LogP contribution is -2.58. The number of fused-ring (bicyclic) bond motifs is 1. The standard InChI is InChI=1S/C25H33N3O2/c1-4-6-21(29)27-23-24(2,3)18-15-20-22(30-14-11-25(20,23)16-18)17-7-9-19(10-8-17)28-13-5-12-26-28/h5,7-10,12-13,18,20,22-23H,4,6,11,14-16H2,1-3H3,(H,27,29)/t18-,20-,22-,23-,25-/m1/s1. The van der Waals surface area contributed by atoms with Gasteiger partial charge in [-0.2, -0.15) is 5.10 Å². The van der Waals surface area contributed by atoms with Crippen molar-refractivity contribution in [2.45, 2.75) is 65.0 Å². The van der Waals surface area contributed by atoms with Crippen LogP contribution in [0.1, 0.15) is 64.5 Å². The van der Waals surface area contributed by atoms with Crippen molar-refractivity contribution >= 4 is 5.91 Å². The van der Waals surface area contributed by atoms with Crippen LogP contribution in [0.25, 0.3) is 5.69 Å². The molecular weight excluding hydrogens is 374 g/mol. The second-order valence-electron chi connectivity index (χ2n) is 10.1. The zero-order chi connectivity index (χ0) is 20.9. The number of hydrogen-bond donors (Lipinski definition) is 1. The molecule has 2 saturated carbocycles. The first-order valence-electron chi connectivity index (χ1n) is 11.5. The molecule has 0 radical (unpaired) electrons. The molecule has 2 aromatic rings. The van der Waals surface area contributed by atoms with E-state index in [1.165, 1.54) is 18.4 Å². The number of hydrogen-bond acceptors (Lipinski definition) is 3. The van der Waals surface area contributed by atoms with Crippen molar-refractivity contribution in [3.8, 4) is 5.69 Å². The molecular formula is C25H33N3O2. The largest absolute Gasteiger partial charge is 0.373 e. The van der Waals surface area contributed by atoms with Gasteiger partial charge in [0, 0.05) is 31.5 Å². The van der Waals surface area contributed by atoms with Gasteiger partial charge in [-0.25, -0.2) is 4.68 Å². The average Bonchev–Trinajstić information content (AvgIpc) is 3.44. The summed E-state index contributed by atoms with van der Waals surface area (Å²) in [6, 6.07) is 10.8. The van der Waals surface area contributed by atoms with Crippen molar-refractivity contribution in [1.29, 1.82) is 0 Å². The third-order valence-electron chi connectivity index (χ3n) is 8.28. The van der Waals surface area contributed by atoms with E-state index in [1.54, 1.807) is 6.20 Å². The Morgan fingerprint density at radius 1 is 1.30 bits per heavy atom. The van der Waals surface area contributed by atoms with Crippen LogP contribution in [0.3, 0.4) is 0 Å². The molecule has 1 aliphatic heterocycles. The molecule has 3 aliphatic rings.